The zero-order valence-corrected chi connectivity index (χ0v) is 11.3. The summed E-state index contributed by atoms with van der Waals surface area (Å²) in [5.41, 5.74) is 2.81. The molecule has 2 heteroatoms. The number of rotatable bonds is 1. The summed E-state index contributed by atoms with van der Waals surface area (Å²) in [6.45, 7) is 4.43. The third kappa shape index (κ3) is 1.48. The minimum atomic E-state index is 1.08. The molecule has 0 radical (unpaired) electrons. The van der Waals surface area contributed by atoms with Crippen LogP contribution in [0.3, 0.4) is 0 Å². The predicted molar refractivity (Wildman–Crippen MR) is 74.6 cm³/mol. The van der Waals surface area contributed by atoms with E-state index in [-0.39, 0.29) is 0 Å². The Bertz CT molecular complexity index is 710. The van der Waals surface area contributed by atoms with E-state index in [0.717, 1.165) is 6.42 Å². The van der Waals surface area contributed by atoms with E-state index in [4.69, 9.17) is 0 Å². The summed E-state index contributed by atoms with van der Waals surface area (Å²) in [7, 11) is 2.13. The quantitative estimate of drug-likeness (QED) is 0.572. The van der Waals surface area contributed by atoms with Crippen molar-refractivity contribution in [2.45, 2.75) is 20.3 Å². The van der Waals surface area contributed by atoms with Crippen molar-refractivity contribution in [3.05, 3.63) is 41.7 Å². The van der Waals surface area contributed by atoms with Gasteiger partial charge in [-0.05, 0) is 18.6 Å². The van der Waals surface area contributed by atoms with Crippen LogP contribution >= 0.6 is 11.3 Å². The van der Waals surface area contributed by atoms with Gasteiger partial charge in [0.05, 0.1) is 0 Å². The molecule has 1 nitrogen and oxygen atoms in total. The number of hydrogen-bond acceptors (Lipinski definition) is 1. The Morgan fingerprint density at radius 1 is 1.24 bits per heavy atom. The normalized spacial score (nSPS) is 11.5. The van der Waals surface area contributed by atoms with Crippen LogP contribution in [-0.2, 0) is 13.5 Å². The van der Waals surface area contributed by atoms with Crippen molar-refractivity contribution in [1.82, 2.24) is 0 Å². The maximum absolute atomic E-state index is 2.25. The smallest absolute Gasteiger partial charge is 0.198 e. The Labute approximate surface area is 105 Å². The molecule has 3 rings (SSSR count). The fraction of sp³-hybridized carbons (Fsp3) is 0.267. The second-order valence-corrected chi connectivity index (χ2v) is 5.57. The fourth-order valence-electron chi connectivity index (χ4n) is 2.57. The lowest BCUT2D eigenvalue weighted by Crippen LogP contribution is -2.32. The van der Waals surface area contributed by atoms with E-state index in [1.54, 1.807) is 0 Å². The summed E-state index contributed by atoms with van der Waals surface area (Å²) in [4.78, 5) is 0. The van der Waals surface area contributed by atoms with E-state index in [1.807, 2.05) is 11.3 Å². The molecule has 0 aliphatic carbocycles. The van der Waals surface area contributed by atoms with Gasteiger partial charge in [0, 0.05) is 28.0 Å². The Balaban J connectivity index is 2.56. The lowest BCUT2D eigenvalue weighted by molar-refractivity contribution is -0.677. The van der Waals surface area contributed by atoms with Gasteiger partial charge in [-0.3, -0.25) is 0 Å². The third-order valence-corrected chi connectivity index (χ3v) is 4.67. The number of fused-ring (bicyclic) bond motifs is 3. The van der Waals surface area contributed by atoms with E-state index in [0.29, 0.717) is 0 Å². The zero-order chi connectivity index (χ0) is 12.0. The molecular formula is C15H16NS+. The molecule has 3 aromatic rings. The van der Waals surface area contributed by atoms with E-state index >= 15 is 0 Å². The number of hydrogen-bond donors (Lipinski definition) is 0. The molecule has 2 heterocycles. The molecule has 86 valence electrons. The molecule has 17 heavy (non-hydrogen) atoms. The minimum Gasteiger partial charge on any atom is -0.204 e. The second kappa shape index (κ2) is 3.81. The van der Waals surface area contributed by atoms with E-state index in [1.165, 1.54) is 31.4 Å². The molecule has 0 saturated heterocycles. The Morgan fingerprint density at radius 3 is 2.82 bits per heavy atom. The first-order valence-electron chi connectivity index (χ1n) is 6.01. The van der Waals surface area contributed by atoms with Gasteiger partial charge in [0.2, 0.25) is 0 Å². The molecule has 0 aliphatic rings. The molecule has 0 amide bonds. The largest absolute Gasteiger partial charge is 0.204 e. The van der Waals surface area contributed by atoms with Crippen molar-refractivity contribution in [2.75, 3.05) is 0 Å². The maximum Gasteiger partial charge on any atom is 0.198 e. The molecule has 0 spiro atoms. The molecular weight excluding hydrogens is 226 g/mol. The van der Waals surface area contributed by atoms with Gasteiger partial charge in [0.1, 0.15) is 11.7 Å². The van der Waals surface area contributed by atoms with Crippen molar-refractivity contribution >= 4 is 31.5 Å². The topological polar surface area (TPSA) is 3.88 Å². The van der Waals surface area contributed by atoms with Crippen LogP contribution in [-0.4, -0.2) is 0 Å². The number of pyridine rings is 1. The van der Waals surface area contributed by atoms with Gasteiger partial charge in [-0.2, -0.15) is 0 Å². The lowest BCUT2D eigenvalue weighted by atomic mass is 10.1. The SMILES string of the molecule is CCc1c2sc3cccc(C)c3c2cc[n+]1C. The number of benzene rings is 1. The van der Waals surface area contributed by atoms with Crippen molar-refractivity contribution in [3.8, 4) is 0 Å². The van der Waals surface area contributed by atoms with Crippen LogP contribution < -0.4 is 4.57 Å². The van der Waals surface area contributed by atoms with Crippen LogP contribution in [0.1, 0.15) is 18.2 Å². The third-order valence-electron chi connectivity index (χ3n) is 3.45. The van der Waals surface area contributed by atoms with Crippen LogP contribution in [0.4, 0.5) is 0 Å². The lowest BCUT2D eigenvalue weighted by Gasteiger charge is -1.99. The Morgan fingerprint density at radius 2 is 2.06 bits per heavy atom. The van der Waals surface area contributed by atoms with Crippen LogP contribution in [0.2, 0.25) is 0 Å². The monoisotopic (exact) mass is 242 g/mol. The second-order valence-electron chi connectivity index (χ2n) is 4.52. The summed E-state index contributed by atoms with van der Waals surface area (Å²) in [6, 6.07) is 8.83. The molecule has 1 aromatic carbocycles. The van der Waals surface area contributed by atoms with Crippen LogP contribution in [0.5, 0.6) is 0 Å². The van der Waals surface area contributed by atoms with Gasteiger partial charge in [0.25, 0.3) is 0 Å². The van der Waals surface area contributed by atoms with E-state index in [9.17, 15) is 0 Å². The predicted octanol–water partition coefficient (Wildman–Crippen LogP) is 3.75. The highest BCUT2D eigenvalue weighted by molar-refractivity contribution is 7.26. The number of aryl methyl sites for hydroxylation is 3. The highest BCUT2D eigenvalue weighted by Gasteiger charge is 2.15. The van der Waals surface area contributed by atoms with Crippen molar-refractivity contribution in [3.63, 3.8) is 0 Å². The van der Waals surface area contributed by atoms with Gasteiger partial charge in [-0.15, -0.1) is 11.3 Å². The first kappa shape index (κ1) is 10.7. The molecule has 0 aliphatic heterocycles. The average Bonchev–Trinajstić information content (AvgIpc) is 2.68. The summed E-state index contributed by atoms with van der Waals surface area (Å²) >= 11 is 1.92. The van der Waals surface area contributed by atoms with Gasteiger partial charge >= 0.3 is 0 Å². The van der Waals surface area contributed by atoms with Crippen molar-refractivity contribution in [1.29, 1.82) is 0 Å². The number of nitrogens with zero attached hydrogens (tertiary/aromatic N) is 1. The highest BCUT2D eigenvalue weighted by atomic mass is 32.1. The van der Waals surface area contributed by atoms with Crippen molar-refractivity contribution < 1.29 is 4.57 Å². The zero-order valence-electron chi connectivity index (χ0n) is 10.4. The summed E-state index contributed by atoms with van der Waals surface area (Å²) in [5.74, 6) is 0. The Kier molecular flexibility index (Phi) is 2.40. The average molecular weight is 242 g/mol. The first-order chi connectivity index (χ1) is 8.22. The van der Waals surface area contributed by atoms with Gasteiger partial charge < -0.3 is 0 Å². The summed E-state index contributed by atoms with van der Waals surface area (Å²) in [5, 5.41) is 2.85. The maximum atomic E-state index is 2.25. The molecule has 0 fully saturated rings. The summed E-state index contributed by atoms with van der Waals surface area (Å²) in [6.07, 6.45) is 3.26. The van der Waals surface area contributed by atoms with Crippen LogP contribution in [0, 0.1) is 6.92 Å². The van der Waals surface area contributed by atoms with E-state index < -0.39 is 0 Å². The van der Waals surface area contributed by atoms with E-state index in [2.05, 4.69) is 55.9 Å². The molecule has 2 aromatic heterocycles. The standard InChI is InChI=1S/C15H16NS/c1-4-12-15-11(8-9-16(12)3)14-10(2)6-5-7-13(14)17-15/h5-9H,4H2,1-3H3/q+1. The fourth-order valence-corrected chi connectivity index (χ4v) is 4.00. The molecule has 0 unspecified atom stereocenters. The number of thiophene rings is 1. The van der Waals surface area contributed by atoms with Gasteiger partial charge in [-0.1, -0.05) is 19.1 Å². The summed E-state index contributed by atoms with van der Waals surface area (Å²) < 4.78 is 5.09. The van der Waals surface area contributed by atoms with Crippen LogP contribution in [0.15, 0.2) is 30.5 Å². The van der Waals surface area contributed by atoms with Gasteiger partial charge in [0.15, 0.2) is 11.9 Å². The number of aromatic nitrogens is 1. The molecule has 0 bridgehead atoms. The Hall–Kier alpha value is -1.41. The molecule has 0 N–H and O–H groups in total. The highest BCUT2D eigenvalue weighted by Crippen LogP contribution is 2.36. The minimum absolute atomic E-state index is 1.08. The molecule has 0 atom stereocenters. The first-order valence-corrected chi connectivity index (χ1v) is 6.83. The molecule has 0 saturated carbocycles. The van der Waals surface area contributed by atoms with Gasteiger partial charge in [-0.25, -0.2) is 4.57 Å². The van der Waals surface area contributed by atoms with Crippen molar-refractivity contribution in [2.24, 2.45) is 7.05 Å². The van der Waals surface area contributed by atoms with Crippen LogP contribution in [0.25, 0.3) is 20.2 Å².